The van der Waals surface area contributed by atoms with Gasteiger partial charge in [-0.25, -0.2) is 0 Å². The average molecular weight is 448 g/mol. The highest BCUT2D eigenvalue weighted by atomic mass is 16.5. The Balaban J connectivity index is 1.47. The summed E-state index contributed by atoms with van der Waals surface area (Å²) in [5, 5.41) is 29.7. The average Bonchev–Trinajstić information content (AvgIpc) is 3.23. The number of aliphatic hydroxyl groups excluding tert-OH is 1. The molecule has 0 bridgehead atoms. The highest BCUT2D eigenvalue weighted by Crippen LogP contribution is 2.33. The van der Waals surface area contributed by atoms with Gasteiger partial charge in [-0.1, -0.05) is 12.1 Å². The molecule has 1 aliphatic rings. The van der Waals surface area contributed by atoms with Gasteiger partial charge in [0.1, 0.15) is 5.75 Å². The number of ether oxygens (including phenoxy) is 1. The maximum absolute atomic E-state index is 13.1. The zero-order valence-electron chi connectivity index (χ0n) is 18.4. The second kappa shape index (κ2) is 8.71. The van der Waals surface area contributed by atoms with Crippen LogP contribution < -0.4 is 14.8 Å². The zero-order chi connectivity index (χ0) is 22.9. The number of rotatable bonds is 5. The van der Waals surface area contributed by atoms with Gasteiger partial charge in [-0.15, -0.1) is 0 Å². The summed E-state index contributed by atoms with van der Waals surface area (Å²) in [7, 11) is 0. The Kier molecular flexibility index (Phi) is 5.60. The number of pyridine rings is 1. The third kappa shape index (κ3) is 4.09. The van der Waals surface area contributed by atoms with Crippen molar-refractivity contribution in [2.75, 3.05) is 11.9 Å². The summed E-state index contributed by atoms with van der Waals surface area (Å²) in [5.41, 5.74) is 1.96. The van der Waals surface area contributed by atoms with E-state index in [1.54, 1.807) is 18.2 Å². The van der Waals surface area contributed by atoms with Gasteiger partial charge in [-0.2, -0.15) is 5.10 Å². The second-order valence-corrected chi connectivity index (χ2v) is 8.45. The molecule has 3 N–H and O–H groups in total. The summed E-state index contributed by atoms with van der Waals surface area (Å²) >= 11 is 0. The summed E-state index contributed by atoms with van der Waals surface area (Å²) < 4.78 is 8.65. The second-order valence-electron chi connectivity index (χ2n) is 8.45. The van der Waals surface area contributed by atoms with E-state index < -0.39 is 5.91 Å². The van der Waals surface area contributed by atoms with Crippen LogP contribution in [0.4, 0.5) is 5.69 Å². The fraction of sp³-hybridized carbons (Fsp3) is 0.320. The van der Waals surface area contributed by atoms with Crippen LogP contribution in [0.15, 0.2) is 54.7 Å². The Morgan fingerprint density at radius 1 is 1.15 bits per heavy atom. The molecule has 1 fully saturated rings. The molecule has 5 rings (SSSR count). The zero-order valence-corrected chi connectivity index (χ0v) is 18.4. The van der Waals surface area contributed by atoms with E-state index in [1.807, 2.05) is 48.1 Å². The van der Waals surface area contributed by atoms with E-state index in [-0.39, 0.29) is 17.8 Å². The number of hydrogen-bond donors (Lipinski definition) is 3. The van der Waals surface area contributed by atoms with Gasteiger partial charge in [0.05, 0.1) is 35.3 Å². The quantitative estimate of drug-likeness (QED) is 0.319. The first-order valence-corrected chi connectivity index (χ1v) is 11.3. The van der Waals surface area contributed by atoms with Gasteiger partial charge in [-0.3, -0.25) is 14.7 Å². The fourth-order valence-corrected chi connectivity index (χ4v) is 4.50. The Morgan fingerprint density at radius 2 is 1.94 bits per heavy atom. The number of hydrogen-bond acceptors (Lipinski definition) is 5. The maximum Gasteiger partial charge on any atom is 0.325 e. The van der Waals surface area contributed by atoms with E-state index in [0.717, 1.165) is 46.7 Å². The number of fused-ring (bicyclic) bond motifs is 2. The smallest absolute Gasteiger partial charge is 0.325 e. The van der Waals surface area contributed by atoms with Crippen LogP contribution >= 0.6 is 0 Å². The Bertz CT molecular complexity index is 1320. The number of carbonyl (C=O) groups excluding carboxylic acids is 1. The molecule has 0 spiro atoms. The van der Waals surface area contributed by atoms with Crippen molar-refractivity contribution >= 4 is 33.4 Å². The van der Waals surface area contributed by atoms with E-state index in [2.05, 4.69) is 5.32 Å². The van der Waals surface area contributed by atoms with Gasteiger partial charge in [0, 0.05) is 34.5 Å². The van der Waals surface area contributed by atoms with Gasteiger partial charge < -0.3 is 15.2 Å². The lowest BCUT2D eigenvalue weighted by Crippen LogP contribution is -2.40. The number of amides is 1. The number of nitrogens with zero attached hydrogens (tertiary/aromatic N) is 3. The minimum absolute atomic E-state index is 0.118. The van der Waals surface area contributed by atoms with Crippen LogP contribution in [0.1, 0.15) is 49.1 Å². The van der Waals surface area contributed by atoms with Crippen LogP contribution in [0.25, 0.3) is 21.8 Å². The summed E-state index contributed by atoms with van der Waals surface area (Å²) in [5.74, 6) is 0.0742. The third-order valence-corrected chi connectivity index (χ3v) is 6.26. The molecular formula is C25H27N4O4+. The van der Waals surface area contributed by atoms with Crippen molar-refractivity contribution in [1.29, 1.82) is 0 Å². The van der Waals surface area contributed by atoms with E-state index >= 15 is 0 Å². The molecular weight excluding hydrogens is 420 g/mol. The summed E-state index contributed by atoms with van der Waals surface area (Å²) in [6, 6.07) is 14.6. The van der Waals surface area contributed by atoms with Gasteiger partial charge in [0.15, 0.2) is 0 Å². The fourth-order valence-electron chi connectivity index (χ4n) is 4.50. The standard InChI is InChI=1S/C25H26N4O4/c1-2-33-24-14-20-17(15-28(27-20)18-8-10-19(30)11-9-18)13-21(24)26-25(31)23-12-7-16-5-3-4-6-22(16)29(23)32/h3-7,12-15,18-19,30H,2,8-11H2,1H3,(H-,26,31,32)/p+1/t18-,19-. The normalized spacial score (nSPS) is 18.5. The molecule has 0 atom stereocenters. The number of anilines is 1. The minimum atomic E-state index is -0.447. The molecule has 2 aromatic carbocycles. The predicted molar refractivity (Wildman–Crippen MR) is 124 cm³/mol. The molecule has 2 aromatic heterocycles. The third-order valence-electron chi connectivity index (χ3n) is 6.26. The Morgan fingerprint density at radius 3 is 2.73 bits per heavy atom. The number of nitrogens with one attached hydrogen (secondary N) is 1. The van der Waals surface area contributed by atoms with Crippen molar-refractivity contribution < 1.29 is 24.6 Å². The number of para-hydroxylation sites is 1. The van der Waals surface area contributed by atoms with Crippen LogP contribution in [0, 0.1) is 0 Å². The van der Waals surface area contributed by atoms with Crippen LogP contribution in [0.2, 0.25) is 0 Å². The van der Waals surface area contributed by atoms with Crippen molar-refractivity contribution in [2.24, 2.45) is 0 Å². The SMILES string of the molecule is CCOc1cc2nn([C@H]3CC[C@H](O)CC3)cc2cc1NC(=O)c1ccc2ccccc2[n+]1O. The van der Waals surface area contributed by atoms with Crippen LogP contribution in [0.3, 0.4) is 0 Å². The van der Waals surface area contributed by atoms with Crippen LogP contribution in [0.5, 0.6) is 5.75 Å². The number of carbonyl (C=O) groups is 1. The Hall–Kier alpha value is -3.65. The molecule has 0 aliphatic heterocycles. The van der Waals surface area contributed by atoms with E-state index in [0.29, 0.717) is 23.6 Å². The highest BCUT2D eigenvalue weighted by Gasteiger charge is 2.25. The summed E-state index contributed by atoms with van der Waals surface area (Å²) in [6.45, 7) is 2.32. The number of aliphatic hydroxyl groups is 1. The molecule has 4 aromatic rings. The van der Waals surface area contributed by atoms with Crippen LogP contribution in [-0.2, 0) is 0 Å². The van der Waals surface area contributed by atoms with E-state index in [9.17, 15) is 15.1 Å². The molecule has 0 unspecified atom stereocenters. The lowest BCUT2D eigenvalue weighted by Gasteiger charge is -2.25. The summed E-state index contributed by atoms with van der Waals surface area (Å²) in [6.07, 6.45) is 5.08. The van der Waals surface area contributed by atoms with Crippen molar-refractivity contribution in [3.8, 4) is 5.75 Å². The predicted octanol–water partition coefficient (Wildman–Crippen LogP) is 3.84. The van der Waals surface area contributed by atoms with Crippen molar-refractivity contribution in [2.45, 2.75) is 44.8 Å². The molecule has 1 saturated carbocycles. The number of benzene rings is 2. The highest BCUT2D eigenvalue weighted by molar-refractivity contribution is 6.04. The first-order chi connectivity index (χ1) is 16.0. The van der Waals surface area contributed by atoms with Gasteiger partial charge in [0.25, 0.3) is 5.52 Å². The molecule has 1 amide bonds. The molecule has 2 heterocycles. The molecule has 8 heteroatoms. The van der Waals surface area contributed by atoms with E-state index in [4.69, 9.17) is 9.84 Å². The number of aromatic nitrogens is 3. The van der Waals surface area contributed by atoms with Crippen molar-refractivity contribution in [1.82, 2.24) is 9.78 Å². The van der Waals surface area contributed by atoms with Crippen molar-refractivity contribution in [3.05, 3.63) is 60.4 Å². The van der Waals surface area contributed by atoms with Gasteiger partial charge in [-0.05, 0) is 50.8 Å². The molecule has 8 nitrogen and oxygen atoms in total. The first-order valence-electron chi connectivity index (χ1n) is 11.3. The van der Waals surface area contributed by atoms with Gasteiger partial charge in [0.2, 0.25) is 0 Å². The van der Waals surface area contributed by atoms with Crippen molar-refractivity contribution in [3.63, 3.8) is 0 Å². The molecule has 170 valence electrons. The monoisotopic (exact) mass is 447 g/mol. The lowest BCUT2D eigenvalue weighted by atomic mass is 9.93. The lowest BCUT2D eigenvalue weighted by molar-refractivity contribution is -0.885. The maximum atomic E-state index is 13.1. The van der Waals surface area contributed by atoms with Crippen LogP contribution in [-0.4, -0.2) is 38.7 Å². The topological polar surface area (TPSA) is 100 Å². The first kappa shape index (κ1) is 21.2. The largest absolute Gasteiger partial charge is 0.492 e. The minimum Gasteiger partial charge on any atom is -0.492 e. The molecule has 0 saturated heterocycles. The molecule has 0 radical (unpaired) electrons. The Labute approximate surface area is 191 Å². The van der Waals surface area contributed by atoms with Gasteiger partial charge >= 0.3 is 11.6 Å². The molecule has 33 heavy (non-hydrogen) atoms. The molecule has 1 aliphatic carbocycles. The van der Waals surface area contributed by atoms with E-state index in [1.165, 1.54) is 0 Å². The summed E-state index contributed by atoms with van der Waals surface area (Å²) in [4.78, 5) is 13.1.